The molecule has 1 N–H and O–H groups in total. The number of carbonyl (C=O) groups excluding carboxylic acids is 2. The molecule has 0 atom stereocenters. The predicted molar refractivity (Wildman–Crippen MR) is 87.7 cm³/mol. The number of hydrogen-bond acceptors (Lipinski definition) is 2. The molecule has 0 radical (unpaired) electrons. The number of hydrogen-bond donors (Lipinski definition) is 1. The van der Waals surface area contributed by atoms with Crippen LogP contribution in [-0.2, 0) is 11.3 Å². The first-order valence-electron chi connectivity index (χ1n) is 7.57. The summed E-state index contributed by atoms with van der Waals surface area (Å²) in [5.41, 5.74) is 3.66. The molecule has 0 saturated carbocycles. The lowest BCUT2D eigenvalue weighted by molar-refractivity contribution is -0.121. The average Bonchev–Trinajstić information content (AvgIpc) is 2.54. The molecule has 0 fully saturated rings. The molecule has 2 aromatic rings. The maximum absolute atomic E-state index is 12.8. The van der Waals surface area contributed by atoms with Crippen LogP contribution in [0.2, 0.25) is 0 Å². The van der Waals surface area contributed by atoms with Gasteiger partial charge >= 0.3 is 0 Å². The van der Waals surface area contributed by atoms with E-state index in [1.165, 1.54) is 12.1 Å². The molecule has 0 aliphatic carbocycles. The Labute approximate surface area is 135 Å². The van der Waals surface area contributed by atoms with Crippen molar-refractivity contribution in [1.82, 2.24) is 5.32 Å². The van der Waals surface area contributed by atoms with Crippen LogP contribution in [0.15, 0.2) is 42.5 Å². The maximum atomic E-state index is 12.8. The van der Waals surface area contributed by atoms with E-state index in [1.54, 1.807) is 18.2 Å². The first kappa shape index (κ1) is 16.9. The summed E-state index contributed by atoms with van der Waals surface area (Å²) in [4.78, 5) is 23.9. The summed E-state index contributed by atoms with van der Waals surface area (Å²) in [6, 6.07) is 11.5. The molecule has 0 heterocycles. The largest absolute Gasteiger partial charge is 0.352 e. The highest BCUT2D eigenvalue weighted by atomic mass is 19.1. The lowest BCUT2D eigenvalue weighted by Crippen LogP contribution is -2.23. The minimum Gasteiger partial charge on any atom is -0.352 e. The van der Waals surface area contributed by atoms with Crippen molar-refractivity contribution in [2.24, 2.45) is 0 Å². The highest BCUT2D eigenvalue weighted by molar-refractivity contribution is 5.98. The Bertz CT molecular complexity index is 708. The first-order chi connectivity index (χ1) is 11.0. The van der Waals surface area contributed by atoms with Crippen LogP contribution >= 0.6 is 0 Å². The van der Waals surface area contributed by atoms with Crippen LogP contribution in [0.4, 0.5) is 4.39 Å². The zero-order valence-corrected chi connectivity index (χ0v) is 13.4. The van der Waals surface area contributed by atoms with Crippen molar-refractivity contribution in [1.29, 1.82) is 0 Å². The van der Waals surface area contributed by atoms with Crippen molar-refractivity contribution in [3.05, 3.63) is 70.5 Å². The van der Waals surface area contributed by atoms with E-state index in [-0.39, 0.29) is 30.3 Å². The second-order valence-electron chi connectivity index (χ2n) is 5.63. The second kappa shape index (κ2) is 7.68. The summed E-state index contributed by atoms with van der Waals surface area (Å²) in [7, 11) is 0. The van der Waals surface area contributed by atoms with E-state index in [2.05, 4.69) is 5.32 Å². The van der Waals surface area contributed by atoms with Gasteiger partial charge in [0.15, 0.2) is 5.78 Å². The molecule has 0 saturated heterocycles. The van der Waals surface area contributed by atoms with Crippen molar-refractivity contribution < 1.29 is 14.0 Å². The first-order valence-corrected chi connectivity index (χ1v) is 7.57. The lowest BCUT2D eigenvalue weighted by Gasteiger charge is -2.06. The van der Waals surface area contributed by atoms with Crippen molar-refractivity contribution in [3.63, 3.8) is 0 Å². The number of aryl methyl sites for hydroxylation is 2. The fourth-order valence-electron chi connectivity index (χ4n) is 2.18. The van der Waals surface area contributed by atoms with Crippen molar-refractivity contribution in [3.8, 4) is 0 Å². The minimum absolute atomic E-state index is 0.0370. The maximum Gasteiger partial charge on any atom is 0.220 e. The number of Topliss-reactive ketones (excluding diaryl/α,β-unsaturated/α-hetero) is 1. The van der Waals surface area contributed by atoms with Gasteiger partial charge in [0.05, 0.1) is 0 Å². The molecule has 4 heteroatoms. The molecule has 0 aliphatic rings. The molecular formula is C19H20FNO2. The lowest BCUT2D eigenvalue weighted by atomic mass is 10.0. The van der Waals surface area contributed by atoms with Gasteiger partial charge in [0.25, 0.3) is 0 Å². The van der Waals surface area contributed by atoms with E-state index in [4.69, 9.17) is 0 Å². The zero-order valence-electron chi connectivity index (χ0n) is 13.4. The molecule has 2 aromatic carbocycles. The van der Waals surface area contributed by atoms with Gasteiger partial charge in [-0.2, -0.15) is 0 Å². The Hall–Kier alpha value is -2.49. The molecule has 0 spiro atoms. The number of amides is 1. The van der Waals surface area contributed by atoms with E-state index in [0.717, 1.165) is 16.7 Å². The number of carbonyl (C=O) groups is 2. The molecule has 0 aliphatic heterocycles. The SMILES string of the molecule is Cc1ccc(C(=O)CCC(=O)NCc2ccc(F)cc2)cc1C. The van der Waals surface area contributed by atoms with E-state index in [0.29, 0.717) is 12.1 Å². The Morgan fingerprint density at radius 2 is 1.65 bits per heavy atom. The third-order valence-electron chi connectivity index (χ3n) is 3.81. The average molecular weight is 313 g/mol. The molecule has 1 amide bonds. The Morgan fingerprint density at radius 1 is 0.957 bits per heavy atom. The molecule has 2 rings (SSSR count). The Morgan fingerprint density at radius 3 is 2.30 bits per heavy atom. The highest BCUT2D eigenvalue weighted by Crippen LogP contribution is 2.12. The van der Waals surface area contributed by atoms with Crippen LogP contribution < -0.4 is 5.32 Å². The number of benzene rings is 2. The van der Waals surface area contributed by atoms with E-state index >= 15 is 0 Å². The van der Waals surface area contributed by atoms with Crippen LogP contribution in [0, 0.1) is 19.7 Å². The molecule has 3 nitrogen and oxygen atoms in total. The summed E-state index contributed by atoms with van der Waals surface area (Å²) < 4.78 is 12.8. The third kappa shape index (κ3) is 5.02. The quantitative estimate of drug-likeness (QED) is 0.826. The van der Waals surface area contributed by atoms with Crippen molar-refractivity contribution in [2.45, 2.75) is 33.2 Å². The smallest absolute Gasteiger partial charge is 0.220 e. The summed E-state index contributed by atoms with van der Waals surface area (Å²) in [5.74, 6) is -0.532. The number of rotatable bonds is 6. The van der Waals surface area contributed by atoms with E-state index < -0.39 is 0 Å². The summed E-state index contributed by atoms with van der Waals surface area (Å²) >= 11 is 0. The molecule has 23 heavy (non-hydrogen) atoms. The van der Waals surface area contributed by atoms with Crippen LogP contribution in [0.3, 0.4) is 0 Å². The predicted octanol–water partition coefficient (Wildman–Crippen LogP) is 3.72. The third-order valence-corrected chi connectivity index (χ3v) is 3.81. The molecule has 120 valence electrons. The molecular weight excluding hydrogens is 293 g/mol. The number of nitrogens with one attached hydrogen (secondary N) is 1. The number of ketones is 1. The van der Waals surface area contributed by atoms with Gasteiger partial charge in [-0.3, -0.25) is 9.59 Å². The topological polar surface area (TPSA) is 46.2 Å². The Kier molecular flexibility index (Phi) is 5.63. The monoisotopic (exact) mass is 313 g/mol. The van der Waals surface area contributed by atoms with Gasteiger partial charge in [0, 0.05) is 24.9 Å². The summed E-state index contributed by atoms with van der Waals surface area (Å²) in [6.07, 6.45) is 0.324. The van der Waals surface area contributed by atoms with E-state index in [1.807, 2.05) is 26.0 Å². The summed E-state index contributed by atoms with van der Waals surface area (Å²) in [6.45, 7) is 4.28. The Balaban J connectivity index is 1.80. The molecule has 0 unspecified atom stereocenters. The van der Waals surface area contributed by atoms with Crippen LogP contribution in [0.25, 0.3) is 0 Å². The van der Waals surface area contributed by atoms with E-state index in [9.17, 15) is 14.0 Å². The highest BCUT2D eigenvalue weighted by Gasteiger charge is 2.10. The molecule has 0 aromatic heterocycles. The van der Waals surface area contributed by atoms with Crippen LogP contribution in [0.1, 0.15) is 39.9 Å². The fraction of sp³-hybridized carbons (Fsp3) is 0.263. The van der Waals surface area contributed by atoms with Crippen LogP contribution in [-0.4, -0.2) is 11.7 Å². The summed E-state index contributed by atoms with van der Waals surface area (Å²) in [5, 5.41) is 2.73. The second-order valence-corrected chi connectivity index (χ2v) is 5.63. The standard InChI is InChI=1S/C19H20FNO2/c1-13-3-6-16(11-14(13)2)18(22)9-10-19(23)21-12-15-4-7-17(20)8-5-15/h3-8,11H,9-10,12H2,1-2H3,(H,21,23). The zero-order chi connectivity index (χ0) is 16.8. The van der Waals surface area contributed by atoms with Crippen molar-refractivity contribution >= 4 is 11.7 Å². The van der Waals surface area contributed by atoms with Gasteiger partial charge in [-0.25, -0.2) is 4.39 Å². The van der Waals surface area contributed by atoms with Gasteiger partial charge in [-0.05, 0) is 48.7 Å². The number of halogens is 1. The van der Waals surface area contributed by atoms with Gasteiger partial charge in [0.1, 0.15) is 5.82 Å². The van der Waals surface area contributed by atoms with Gasteiger partial charge in [0.2, 0.25) is 5.91 Å². The normalized spacial score (nSPS) is 10.4. The fourth-order valence-corrected chi connectivity index (χ4v) is 2.18. The van der Waals surface area contributed by atoms with Gasteiger partial charge < -0.3 is 5.32 Å². The van der Waals surface area contributed by atoms with Gasteiger partial charge in [-0.15, -0.1) is 0 Å². The van der Waals surface area contributed by atoms with Gasteiger partial charge in [-0.1, -0.05) is 24.3 Å². The molecule has 0 bridgehead atoms. The minimum atomic E-state index is -0.306. The van der Waals surface area contributed by atoms with Crippen LogP contribution in [0.5, 0.6) is 0 Å². The van der Waals surface area contributed by atoms with Crippen molar-refractivity contribution in [2.75, 3.05) is 0 Å².